The van der Waals surface area contributed by atoms with Gasteiger partial charge in [0.15, 0.2) is 0 Å². The van der Waals surface area contributed by atoms with Gasteiger partial charge < -0.3 is 14.7 Å². The van der Waals surface area contributed by atoms with Gasteiger partial charge in [-0.2, -0.15) is 0 Å². The van der Waals surface area contributed by atoms with Crippen LogP contribution in [0.15, 0.2) is 42.7 Å². The first kappa shape index (κ1) is 19.6. The van der Waals surface area contributed by atoms with Gasteiger partial charge in [0.25, 0.3) is 0 Å². The molecule has 2 unspecified atom stereocenters. The molecule has 150 valence electrons. The maximum atomic E-state index is 9.61. The molecule has 2 aliphatic rings. The lowest BCUT2D eigenvalue weighted by Crippen LogP contribution is -2.57. The average Bonchev–Trinajstić information content (AvgIpc) is 2.76. The number of halogens is 1. The SMILES string of the molecule is OCC1CN(C2CCN(c3ncccn3)CC2)C(Cc2ccc(Cl)cc2)CO1. The Morgan fingerprint density at radius 3 is 2.50 bits per heavy atom. The van der Waals surface area contributed by atoms with Crippen molar-refractivity contribution in [3.63, 3.8) is 0 Å². The number of aromatic nitrogens is 2. The molecule has 0 saturated carbocycles. The molecule has 4 rings (SSSR count). The summed E-state index contributed by atoms with van der Waals surface area (Å²) in [7, 11) is 0. The Balaban J connectivity index is 1.42. The monoisotopic (exact) mass is 402 g/mol. The second-order valence-electron chi connectivity index (χ2n) is 7.59. The third-order valence-electron chi connectivity index (χ3n) is 5.76. The van der Waals surface area contributed by atoms with Gasteiger partial charge in [0, 0.05) is 49.1 Å². The van der Waals surface area contributed by atoms with Crippen LogP contribution in [0.4, 0.5) is 5.95 Å². The standard InChI is InChI=1S/C21H27ClN4O2/c22-17-4-2-16(3-5-17)12-19-15-28-20(14-27)13-26(19)18-6-10-25(11-7-18)21-23-8-1-9-24-21/h1-5,8-9,18-20,27H,6-7,10-15H2. The van der Waals surface area contributed by atoms with Crippen LogP contribution in [0.25, 0.3) is 0 Å². The van der Waals surface area contributed by atoms with Gasteiger partial charge >= 0.3 is 0 Å². The highest BCUT2D eigenvalue weighted by Gasteiger charge is 2.35. The lowest BCUT2D eigenvalue weighted by molar-refractivity contribution is -0.0979. The predicted molar refractivity (Wildman–Crippen MR) is 110 cm³/mol. The molecule has 2 saturated heterocycles. The Morgan fingerprint density at radius 2 is 1.82 bits per heavy atom. The summed E-state index contributed by atoms with van der Waals surface area (Å²) in [6.45, 7) is 3.39. The van der Waals surface area contributed by atoms with E-state index >= 15 is 0 Å². The van der Waals surface area contributed by atoms with Gasteiger partial charge in [0.1, 0.15) is 0 Å². The van der Waals surface area contributed by atoms with Gasteiger partial charge in [-0.15, -0.1) is 0 Å². The predicted octanol–water partition coefficient (Wildman–Crippen LogP) is 2.40. The van der Waals surface area contributed by atoms with Crippen LogP contribution in [0, 0.1) is 0 Å². The fraction of sp³-hybridized carbons (Fsp3) is 0.524. The molecule has 2 fully saturated rings. The van der Waals surface area contributed by atoms with Crippen molar-refractivity contribution < 1.29 is 9.84 Å². The van der Waals surface area contributed by atoms with Crippen molar-refractivity contribution in [1.29, 1.82) is 0 Å². The minimum Gasteiger partial charge on any atom is -0.394 e. The van der Waals surface area contributed by atoms with Crippen LogP contribution < -0.4 is 4.90 Å². The Hall–Kier alpha value is -1.73. The third-order valence-corrected chi connectivity index (χ3v) is 6.02. The molecule has 2 aromatic rings. The summed E-state index contributed by atoms with van der Waals surface area (Å²) in [5, 5.41) is 10.4. The van der Waals surface area contributed by atoms with E-state index < -0.39 is 0 Å². The molecule has 1 aromatic heterocycles. The number of hydrogen-bond acceptors (Lipinski definition) is 6. The van der Waals surface area contributed by atoms with E-state index in [1.165, 1.54) is 5.56 Å². The number of aliphatic hydroxyl groups is 1. The van der Waals surface area contributed by atoms with Gasteiger partial charge in [-0.25, -0.2) is 9.97 Å². The third kappa shape index (κ3) is 4.63. The molecule has 7 heteroatoms. The van der Waals surface area contributed by atoms with Crippen molar-refractivity contribution in [3.05, 3.63) is 53.3 Å². The first-order valence-electron chi connectivity index (χ1n) is 9.97. The van der Waals surface area contributed by atoms with E-state index in [0.717, 1.165) is 49.9 Å². The van der Waals surface area contributed by atoms with Crippen LogP contribution in [0.5, 0.6) is 0 Å². The van der Waals surface area contributed by atoms with Gasteiger partial charge in [0.05, 0.1) is 19.3 Å². The Kier molecular flexibility index (Phi) is 6.42. The van der Waals surface area contributed by atoms with Crippen LogP contribution >= 0.6 is 11.6 Å². The van der Waals surface area contributed by atoms with Crippen molar-refractivity contribution in [2.75, 3.05) is 37.7 Å². The fourth-order valence-corrected chi connectivity index (χ4v) is 4.38. The van der Waals surface area contributed by atoms with Crippen molar-refractivity contribution >= 4 is 17.5 Å². The summed E-state index contributed by atoms with van der Waals surface area (Å²) in [4.78, 5) is 13.6. The average molecular weight is 403 g/mol. The molecule has 2 atom stereocenters. The van der Waals surface area contributed by atoms with E-state index in [-0.39, 0.29) is 12.7 Å². The van der Waals surface area contributed by atoms with E-state index in [9.17, 15) is 5.11 Å². The number of morpholine rings is 1. The Labute approximate surface area is 171 Å². The molecule has 28 heavy (non-hydrogen) atoms. The van der Waals surface area contributed by atoms with Crippen molar-refractivity contribution in [1.82, 2.24) is 14.9 Å². The molecular weight excluding hydrogens is 376 g/mol. The fourth-order valence-electron chi connectivity index (χ4n) is 4.26. The van der Waals surface area contributed by atoms with E-state index in [4.69, 9.17) is 16.3 Å². The summed E-state index contributed by atoms with van der Waals surface area (Å²) in [5.41, 5.74) is 1.26. The molecule has 1 aromatic carbocycles. The van der Waals surface area contributed by atoms with Gasteiger partial charge in [-0.1, -0.05) is 23.7 Å². The maximum Gasteiger partial charge on any atom is 0.225 e. The summed E-state index contributed by atoms with van der Waals surface area (Å²) in [6, 6.07) is 10.7. The molecule has 0 amide bonds. The van der Waals surface area contributed by atoms with Crippen molar-refractivity contribution in [2.45, 2.75) is 37.5 Å². The topological polar surface area (TPSA) is 61.7 Å². The molecule has 0 radical (unpaired) electrons. The minimum absolute atomic E-state index is 0.0703. The highest BCUT2D eigenvalue weighted by Crippen LogP contribution is 2.26. The molecule has 0 aliphatic carbocycles. The molecule has 3 heterocycles. The Morgan fingerprint density at radius 1 is 1.11 bits per heavy atom. The van der Waals surface area contributed by atoms with E-state index in [2.05, 4.69) is 31.9 Å². The number of piperidine rings is 1. The van der Waals surface area contributed by atoms with Crippen LogP contribution in [0.3, 0.4) is 0 Å². The first-order chi connectivity index (χ1) is 13.7. The molecule has 6 nitrogen and oxygen atoms in total. The summed E-state index contributed by atoms with van der Waals surface area (Å²) in [6.07, 6.45) is 6.55. The summed E-state index contributed by atoms with van der Waals surface area (Å²) >= 11 is 6.03. The normalized spacial score (nSPS) is 24.4. The van der Waals surface area contributed by atoms with Crippen LogP contribution in [0.2, 0.25) is 5.02 Å². The molecule has 2 aliphatic heterocycles. The number of ether oxygens (including phenoxy) is 1. The minimum atomic E-state index is -0.100. The number of rotatable bonds is 5. The largest absolute Gasteiger partial charge is 0.394 e. The number of hydrogen-bond donors (Lipinski definition) is 1. The summed E-state index contributed by atoms with van der Waals surface area (Å²) < 4.78 is 5.90. The highest BCUT2D eigenvalue weighted by atomic mass is 35.5. The summed E-state index contributed by atoms with van der Waals surface area (Å²) in [5.74, 6) is 0.814. The lowest BCUT2D eigenvalue weighted by atomic mass is 9.96. The maximum absolute atomic E-state index is 9.61. The molecule has 1 N–H and O–H groups in total. The number of anilines is 1. The first-order valence-corrected chi connectivity index (χ1v) is 10.4. The number of aliphatic hydroxyl groups excluding tert-OH is 1. The van der Waals surface area contributed by atoms with Crippen LogP contribution in [-0.2, 0) is 11.2 Å². The Bertz CT molecular complexity index is 738. The van der Waals surface area contributed by atoms with E-state index in [1.807, 2.05) is 18.2 Å². The van der Waals surface area contributed by atoms with Crippen LogP contribution in [-0.4, -0.2) is 71.0 Å². The van der Waals surface area contributed by atoms with Gasteiger partial charge in [-0.05, 0) is 43.0 Å². The molecule has 0 bridgehead atoms. The zero-order valence-electron chi connectivity index (χ0n) is 16.0. The van der Waals surface area contributed by atoms with E-state index in [0.29, 0.717) is 18.7 Å². The smallest absolute Gasteiger partial charge is 0.225 e. The zero-order valence-corrected chi connectivity index (χ0v) is 16.7. The number of nitrogens with zero attached hydrogens (tertiary/aromatic N) is 4. The second kappa shape index (κ2) is 9.18. The highest BCUT2D eigenvalue weighted by molar-refractivity contribution is 6.30. The van der Waals surface area contributed by atoms with Crippen molar-refractivity contribution in [2.24, 2.45) is 0 Å². The van der Waals surface area contributed by atoms with Crippen molar-refractivity contribution in [3.8, 4) is 0 Å². The van der Waals surface area contributed by atoms with Gasteiger partial charge in [0.2, 0.25) is 5.95 Å². The van der Waals surface area contributed by atoms with Gasteiger partial charge in [-0.3, -0.25) is 4.90 Å². The molecule has 0 spiro atoms. The lowest BCUT2D eigenvalue weighted by Gasteiger charge is -2.46. The molecular formula is C21H27ClN4O2. The quantitative estimate of drug-likeness (QED) is 0.828. The van der Waals surface area contributed by atoms with E-state index in [1.54, 1.807) is 12.4 Å². The second-order valence-corrected chi connectivity index (χ2v) is 8.02. The van der Waals surface area contributed by atoms with Crippen LogP contribution in [0.1, 0.15) is 18.4 Å². The zero-order chi connectivity index (χ0) is 19.3. The number of benzene rings is 1.